The number of ether oxygens (including phenoxy) is 1. The zero-order valence-electron chi connectivity index (χ0n) is 12.0. The summed E-state index contributed by atoms with van der Waals surface area (Å²) in [5.74, 6) is -1.09. The molecular formula is C14H18FNO4S. The first kappa shape index (κ1) is 15.9. The van der Waals surface area contributed by atoms with Crippen molar-refractivity contribution < 1.29 is 22.3 Å². The molecule has 0 saturated carbocycles. The highest BCUT2D eigenvalue weighted by Crippen LogP contribution is 2.17. The smallest absolute Gasteiger partial charge is 0.340 e. The van der Waals surface area contributed by atoms with Gasteiger partial charge in [-0.05, 0) is 24.6 Å². The van der Waals surface area contributed by atoms with E-state index in [1.54, 1.807) is 6.07 Å². The first-order valence-corrected chi connectivity index (χ1v) is 8.46. The van der Waals surface area contributed by atoms with Crippen LogP contribution in [0.25, 0.3) is 0 Å². The van der Waals surface area contributed by atoms with Crippen molar-refractivity contribution in [2.45, 2.75) is 19.5 Å². The zero-order valence-corrected chi connectivity index (χ0v) is 12.8. The van der Waals surface area contributed by atoms with Crippen LogP contribution < -0.4 is 0 Å². The van der Waals surface area contributed by atoms with Crippen molar-refractivity contribution in [1.29, 1.82) is 0 Å². The van der Waals surface area contributed by atoms with Gasteiger partial charge in [0.05, 0.1) is 24.2 Å². The number of sulfone groups is 1. The van der Waals surface area contributed by atoms with Crippen LogP contribution in [0.3, 0.4) is 0 Å². The molecule has 0 aliphatic carbocycles. The van der Waals surface area contributed by atoms with Crippen molar-refractivity contribution >= 4 is 15.8 Å². The maximum atomic E-state index is 13.8. The Bertz CT molecular complexity index is 644. The van der Waals surface area contributed by atoms with Gasteiger partial charge in [0.1, 0.15) is 5.82 Å². The molecule has 21 heavy (non-hydrogen) atoms. The van der Waals surface area contributed by atoms with Crippen LogP contribution >= 0.6 is 0 Å². The van der Waals surface area contributed by atoms with E-state index in [1.165, 1.54) is 19.2 Å². The van der Waals surface area contributed by atoms with Crippen LogP contribution in [0.2, 0.25) is 0 Å². The molecule has 1 unspecified atom stereocenters. The molecule has 1 atom stereocenters. The normalized spacial score (nSPS) is 22.0. The molecule has 1 heterocycles. The molecular weight excluding hydrogens is 297 g/mol. The van der Waals surface area contributed by atoms with Crippen molar-refractivity contribution in [3.63, 3.8) is 0 Å². The van der Waals surface area contributed by atoms with Crippen LogP contribution in [0, 0.1) is 5.82 Å². The van der Waals surface area contributed by atoms with Gasteiger partial charge in [-0.1, -0.05) is 6.07 Å². The highest BCUT2D eigenvalue weighted by molar-refractivity contribution is 7.91. The van der Waals surface area contributed by atoms with Crippen LogP contribution in [-0.4, -0.2) is 50.5 Å². The molecule has 0 radical (unpaired) electrons. The van der Waals surface area contributed by atoms with E-state index in [9.17, 15) is 17.6 Å². The summed E-state index contributed by atoms with van der Waals surface area (Å²) in [5.41, 5.74) is 0.599. The second kappa shape index (κ2) is 6.11. The highest BCUT2D eigenvalue weighted by atomic mass is 32.2. The topological polar surface area (TPSA) is 63.7 Å². The maximum Gasteiger partial charge on any atom is 0.340 e. The number of halogens is 1. The van der Waals surface area contributed by atoms with Gasteiger partial charge < -0.3 is 4.74 Å². The van der Waals surface area contributed by atoms with Gasteiger partial charge in [-0.15, -0.1) is 0 Å². The van der Waals surface area contributed by atoms with Crippen LogP contribution in [0.4, 0.5) is 4.39 Å². The Hall–Kier alpha value is -1.47. The summed E-state index contributed by atoms with van der Waals surface area (Å²) in [6.07, 6.45) is 0. The van der Waals surface area contributed by atoms with Crippen molar-refractivity contribution in [1.82, 2.24) is 4.90 Å². The fraction of sp³-hybridized carbons (Fsp3) is 0.500. The van der Waals surface area contributed by atoms with E-state index in [1.807, 2.05) is 11.8 Å². The number of methoxy groups -OCH3 is 1. The quantitative estimate of drug-likeness (QED) is 0.785. The van der Waals surface area contributed by atoms with Gasteiger partial charge >= 0.3 is 5.97 Å². The standard InChI is InChI=1S/C14H18FNO4S/c1-10-9-21(18,19)6-5-16(10)8-11-3-4-12(13(15)7-11)14(17)20-2/h3-4,7,10H,5-6,8-9H2,1-2H3. The lowest BCUT2D eigenvalue weighted by Gasteiger charge is -2.33. The van der Waals surface area contributed by atoms with Gasteiger partial charge in [-0.3, -0.25) is 4.90 Å². The molecule has 0 spiro atoms. The summed E-state index contributed by atoms with van der Waals surface area (Å²) >= 11 is 0. The molecule has 1 aliphatic rings. The highest BCUT2D eigenvalue weighted by Gasteiger charge is 2.28. The summed E-state index contributed by atoms with van der Waals surface area (Å²) in [6, 6.07) is 4.24. The SMILES string of the molecule is COC(=O)c1ccc(CN2CCS(=O)(=O)CC2C)cc1F. The summed E-state index contributed by atoms with van der Waals surface area (Å²) in [4.78, 5) is 13.3. The first-order valence-electron chi connectivity index (χ1n) is 6.63. The van der Waals surface area contributed by atoms with Crippen molar-refractivity contribution in [2.24, 2.45) is 0 Å². The van der Waals surface area contributed by atoms with E-state index in [2.05, 4.69) is 4.74 Å². The third-order valence-electron chi connectivity index (χ3n) is 3.63. The Kier molecular flexibility index (Phi) is 4.63. The van der Waals surface area contributed by atoms with E-state index in [-0.39, 0.29) is 23.1 Å². The predicted molar refractivity (Wildman–Crippen MR) is 76.3 cm³/mol. The number of hydrogen-bond acceptors (Lipinski definition) is 5. The lowest BCUT2D eigenvalue weighted by atomic mass is 10.1. The van der Waals surface area contributed by atoms with E-state index in [4.69, 9.17) is 0 Å². The molecule has 1 aromatic rings. The molecule has 1 fully saturated rings. The average molecular weight is 315 g/mol. The minimum absolute atomic E-state index is 0.101. The van der Waals surface area contributed by atoms with Gasteiger partial charge in [0.15, 0.2) is 9.84 Å². The lowest BCUT2D eigenvalue weighted by molar-refractivity contribution is 0.0595. The van der Waals surface area contributed by atoms with Gasteiger partial charge in [0.2, 0.25) is 0 Å². The Balaban J connectivity index is 2.10. The van der Waals surface area contributed by atoms with Crippen molar-refractivity contribution in [3.8, 4) is 0 Å². The molecule has 1 saturated heterocycles. The van der Waals surface area contributed by atoms with Gasteiger partial charge in [-0.2, -0.15) is 0 Å². The number of nitrogens with zero attached hydrogens (tertiary/aromatic N) is 1. The minimum Gasteiger partial charge on any atom is -0.465 e. The zero-order chi connectivity index (χ0) is 15.6. The minimum atomic E-state index is -2.96. The van der Waals surface area contributed by atoms with Gasteiger partial charge in [0, 0.05) is 19.1 Å². The van der Waals surface area contributed by atoms with Crippen LogP contribution in [0.1, 0.15) is 22.8 Å². The Labute approximate surface area is 123 Å². The van der Waals surface area contributed by atoms with Gasteiger partial charge in [0.25, 0.3) is 0 Å². The second-order valence-corrected chi connectivity index (χ2v) is 7.47. The lowest BCUT2D eigenvalue weighted by Crippen LogP contribution is -2.46. The van der Waals surface area contributed by atoms with Gasteiger partial charge in [-0.25, -0.2) is 17.6 Å². The average Bonchev–Trinajstić information content (AvgIpc) is 2.41. The maximum absolute atomic E-state index is 13.8. The Morgan fingerprint density at radius 3 is 2.76 bits per heavy atom. The van der Waals surface area contributed by atoms with Crippen molar-refractivity contribution in [2.75, 3.05) is 25.2 Å². The van der Waals surface area contributed by atoms with E-state index in [0.29, 0.717) is 18.7 Å². The number of benzene rings is 1. The number of carbonyl (C=O) groups is 1. The van der Waals surface area contributed by atoms with Crippen LogP contribution in [0.5, 0.6) is 0 Å². The summed E-state index contributed by atoms with van der Waals surface area (Å²) in [5, 5.41) is 0. The van der Waals surface area contributed by atoms with E-state index in [0.717, 1.165) is 0 Å². The molecule has 0 bridgehead atoms. The molecule has 0 N–H and O–H groups in total. The third-order valence-corrected chi connectivity index (χ3v) is 5.43. The van der Waals surface area contributed by atoms with E-state index < -0.39 is 21.6 Å². The monoisotopic (exact) mass is 315 g/mol. The molecule has 1 aliphatic heterocycles. The van der Waals surface area contributed by atoms with Crippen molar-refractivity contribution in [3.05, 3.63) is 35.1 Å². The Morgan fingerprint density at radius 1 is 1.48 bits per heavy atom. The third kappa shape index (κ3) is 3.79. The summed E-state index contributed by atoms with van der Waals surface area (Å²) in [6.45, 7) is 2.73. The molecule has 1 aromatic carbocycles. The number of carbonyl (C=O) groups excluding carboxylic acids is 1. The molecule has 2 rings (SSSR count). The summed E-state index contributed by atoms with van der Waals surface area (Å²) in [7, 11) is -1.76. The molecule has 0 amide bonds. The molecule has 7 heteroatoms. The largest absolute Gasteiger partial charge is 0.465 e. The fourth-order valence-corrected chi connectivity index (χ4v) is 4.06. The first-order chi connectivity index (χ1) is 9.82. The molecule has 0 aromatic heterocycles. The fourth-order valence-electron chi connectivity index (χ4n) is 2.43. The molecule has 5 nitrogen and oxygen atoms in total. The number of rotatable bonds is 3. The second-order valence-electron chi connectivity index (χ2n) is 5.24. The predicted octanol–water partition coefficient (Wildman–Crippen LogP) is 1.23. The number of esters is 1. The van der Waals surface area contributed by atoms with Crippen LogP contribution in [0.15, 0.2) is 18.2 Å². The van der Waals surface area contributed by atoms with Crippen LogP contribution in [-0.2, 0) is 21.1 Å². The number of hydrogen-bond donors (Lipinski definition) is 0. The molecule has 116 valence electrons. The summed E-state index contributed by atoms with van der Waals surface area (Å²) < 4.78 is 41.4. The Morgan fingerprint density at radius 2 is 2.19 bits per heavy atom. The van der Waals surface area contributed by atoms with E-state index >= 15 is 0 Å².